The van der Waals surface area contributed by atoms with Gasteiger partial charge < -0.3 is 14.0 Å². The van der Waals surface area contributed by atoms with Crippen molar-refractivity contribution in [2.45, 2.75) is 24.7 Å². The summed E-state index contributed by atoms with van der Waals surface area (Å²) in [4.78, 5) is 4.38. The van der Waals surface area contributed by atoms with Crippen LogP contribution in [0.3, 0.4) is 0 Å². The van der Waals surface area contributed by atoms with E-state index in [9.17, 15) is 8.42 Å². The maximum Gasteiger partial charge on any atom is 0.261 e. The lowest BCUT2D eigenvalue weighted by molar-refractivity contribution is 0.204. The van der Waals surface area contributed by atoms with E-state index in [1.54, 1.807) is 6.07 Å². The van der Waals surface area contributed by atoms with Gasteiger partial charge in [-0.25, -0.2) is 13.1 Å². The minimum atomic E-state index is -3.67. The van der Waals surface area contributed by atoms with E-state index in [0.717, 1.165) is 0 Å². The van der Waals surface area contributed by atoms with Gasteiger partial charge in [0.1, 0.15) is 5.75 Å². The van der Waals surface area contributed by atoms with Gasteiger partial charge in [0.25, 0.3) is 5.89 Å². The highest BCUT2D eigenvalue weighted by atomic mass is 32.2. The number of ether oxygens (including phenoxy) is 2. The van der Waals surface area contributed by atoms with Crippen LogP contribution in [0.5, 0.6) is 5.75 Å². The van der Waals surface area contributed by atoms with Crippen LogP contribution in [0.25, 0.3) is 11.5 Å². The van der Waals surface area contributed by atoms with E-state index in [4.69, 9.17) is 14.0 Å². The highest BCUT2D eigenvalue weighted by Gasteiger charge is 2.20. The minimum absolute atomic E-state index is 0.0821. The van der Waals surface area contributed by atoms with Gasteiger partial charge in [0.2, 0.25) is 10.0 Å². The Morgan fingerprint density at radius 1 is 1.29 bits per heavy atom. The molecular formula is C15H21N3O5S. The molecule has 0 atom stereocenters. The van der Waals surface area contributed by atoms with Gasteiger partial charge in [-0.05, 0) is 18.2 Å². The fraction of sp³-hybridized carbons (Fsp3) is 0.467. The Morgan fingerprint density at radius 2 is 2.04 bits per heavy atom. The first-order valence-electron chi connectivity index (χ1n) is 7.39. The van der Waals surface area contributed by atoms with Crippen molar-refractivity contribution in [1.82, 2.24) is 14.9 Å². The van der Waals surface area contributed by atoms with E-state index in [-0.39, 0.29) is 29.9 Å². The number of aromatic nitrogens is 2. The molecule has 1 heterocycles. The van der Waals surface area contributed by atoms with E-state index < -0.39 is 10.0 Å². The molecule has 0 aliphatic rings. The maximum absolute atomic E-state index is 12.3. The predicted molar refractivity (Wildman–Crippen MR) is 87.4 cm³/mol. The molecule has 0 saturated carbocycles. The van der Waals surface area contributed by atoms with Crippen LogP contribution in [0.2, 0.25) is 0 Å². The summed E-state index contributed by atoms with van der Waals surface area (Å²) in [6, 6.07) is 4.46. The average molecular weight is 355 g/mol. The van der Waals surface area contributed by atoms with Crippen LogP contribution < -0.4 is 9.46 Å². The lowest BCUT2D eigenvalue weighted by Crippen LogP contribution is -2.27. The van der Waals surface area contributed by atoms with Gasteiger partial charge in [0.15, 0.2) is 5.82 Å². The largest absolute Gasteiger partial charge is 0.496 e. The number of sulfonamides is 1. The van der Waals surface area contributed by atoms with Crippen LogP contribution in [0.1, 0.15) is 25.6 Å². The van der Waals surface area contributed by atoms with Gasteiger partial charge in [-0.1, -0.05) is 19.0 Å². The molecule has 1 aromatic carbocycles. The second-order valence-corrected chi connectivity index (χ2v) is 7.13. The standard InChI is InChI=1S/C15H21N3O5S/c1-10(2)14-17-15(23-18-14)12-9-11(5-6-13(12)22-4)24(19,20)16-7-8-21-3/h5-6,9-10,16H,7-8H2,1-4H3. The molecule has 24 heavy (non-hydrogen) atoms. The molecule has 132 valence electrons. The van der Waals surface area contributed by atoms with Gasteiger partial charge in [0, 0.05) is 19.6 Å². The number of hydrogen-bond acceptors (Lipinski definition) is 7. The van der Waals surface area contributed by atoms with Crippen molar-refractivity contribution in [1.29, 1.82) is 0 Å². The molecule has 9 heteroatoms. The monoisotopic (exact) mass is 355 g/mol. The second kappa shape index (κ2) is 7.73. The first-order chi connectivity index (χ1) is 11.4. The molecule has 0 fully saturated rings. The van der Waals surface area contributed by atoms with E-state index in [1.807, 2.05) is 13.8 Å². The molecule has 0 saturated heterocycles. The molecule has 0 radical (unpaired) electrons. The second-order valence-electron chi connectivity index (χ2n) is 5.37. The van der Waals surface area contributed by atoms with E-state index in [1.165, 1.54) is 26.4 Å². The van der Waals surface area contributed by atoms with Gasteiger partial charge in [-0.15, -0.1) is 0 Å². The van der Waals surface area contributed by atoms with Gasteiger partial charge >= 0.3 is 0 Å². The smallest absolute Gasteiger partial charge is 0.261 e. The number of nitrogens with one attached hydrogen (secondary N) is 1. The Balaban J connectivity index is 2.40. The topological polar surface area (TPSA) is 104 Å². The van der Waals surface area contributed by atoms with Crippen molar-refractivity contribution in [2.24, 2.45) is 0 Å². The van der Waals surface area contributed by atoms with Crippen molar-refractivity contribution < 1.29 is 22.4 Å². The predicted octanol–water partition coefficient (Wildman–Crippen LogP) is 1.79. The van der Waals surface area contributed by atoms with Crippen molar-refractivity contribution in [3.63, 3.8) is 0 Å². The third-order valence-corrected chi connectivity index (χ3v) is 4.73. The number of nitrogens with zero attached hydrogens (tertiary/aromatic N) is 2. The zero-order valence-electron chi connectivity index (χ0n) is 14.1. The SMILES string of the molecule is COCCNS(=O)(=O)c1ccc(OC)c(-c2nc(C(C)C)no2)c1. The maximum atomic E-state index is 12.3. The molecule has 0 aliphatic heterocycles. The van der Waals surface area contributed by atoms with Crippen LogP contribution in [-0.4, -0.2) is 45.9 Å². The van der Waals surface area contributed by atoms with Crippen LogP contribution in [0.4, 0.5) is 0 Å². The quantitative estimate of drug-likeness (QED) is 0.720. The first-order valence-corrected chi connectivity index (χ1v) is 8.88. The summed E-state index contributed by atoms with van der Waals surface area (Å²) in [6.45, 7) is 4.33. The van der Waals surface area contributed by atoms with Gasteiger partial charge in [0.05, 0.1) is 24.2 Å². The van der Waals surface area contributed by atoms with Crippen LogP contribution >= 0.6 is 0 Å². The Labute approximate surface area is 141 Å². The molecule has 2 aromatic rings. The summed E-state index contributed by atoms with van der Waals surface area (Å²) >= 11 is 0. The van der Waals surface area contributed by atoms with E-state index in [0.29, 0.717) is 17.1 Å². The molecule has 0 amide bonds. The summed E-state index contributed by atoms with van der Waals surface area (Å²) < 4.78 is 42.5. The molecule has 1 N–H and O–H groups in total. The van der Waals surface area contributed by atoms with Gasteiger partial charge in [-0.2, -0.15) is 4.98 Å². The number of hydrogen-bond donors (Lipinski definition) is 1. The van der Waals surface area contributed by atoms with Crippen molar-refractivity contribution in [3.05, 3.63) is 24.0 Å². The van der Waals surface area contributed by atoms with Crippen molar-refractivity contribution in [3.8, 4) is 17.2 Å². The zero-order valence-corrected chi connectivity index (χ0v) is 14.9. The summed E-state index contributed by atoms with van der Waals surface area (Å²) in [5.41, 5.74) is 0.423. The highest BCUT2D eigenvalue weighted by molar-refractivity contribution is 7.89. The Bertz CT molecular complexity index is 786. The molecule has 8 nitrogen and oxygen atoms in total. The lowest BCUT2D eigenvalue weighted by atomic mass is 10.2. The van der Waals surface area contributed by atoms with E-state index >= 15 is 0 Å². The van der Waals surface area contributed by atoms with E-state index in [2.05, 4.69) is 14.9 Å². The molecule has 0 spiro atoms. The lowest BCUT2D eigenvalue weighted by Gasteiger charge is -2.09. The van der Waals surface area contributed by atoms with Crippen LogP contribution in [0.15, 0.2) is 27.6 Å². The summed E-state index contributed by atoms with van der Waals surface area (Å²) in [5.74, 6) is 1.30. The minimum Gasteiger partial charge on any atom is -0.496 e. The molecule has 0 unspecified atom stereocenters. The van der Waals surface area contributed by atoms with Gasteiger partial charge in [-0.3, -0.25) is 0 Å². The molecule has 1 aromatic heterocycles. The van der Waals surface area contributed by atoms with Crippen LogP contribution in [0, 0.1) is 0 Å². The van der Waals surface area contributed by atoms with Crippen LogP contribution in [-0.2, 0) is 14.8 Å². The molecular weight excluding hydrogens is 334 g/mol. The fourth-order valence-corrected chi connectivity index (χ4v) is 3.00. The average Bonchev–Trinajstić information content (AvgIpc) is 3.04. The summed E-state index contributed by atoms with van der Waals surface area (Å²) in [5, 5.41) is 3.90. The number of methoxy groups -OCH3 is 2. The Hall–Kier alpha value is -1.97. The third-order valence-electron chi connectivity index (χ3n) is 3.27. The summed E-state index contributed by atoms with van der Waals surface area (Å²) in [7, 11) is -0.682. The Kier molecular flexibility index (Phi) is 5.92. The molecule has 2 rings (SSSR count). The highest BCUT2D eigenvalue weighted by Crippen LogP contribution is 2.31. The summed E-state index contributed by atoms with van der Waals surface area (Å²) in [6.07, 6.45) is 0. The number of rotatable bonds is 8. The molecule has 0 bridgehead atoms. The third kappa shape index (κ3) is 4.11. The zero-order chi connectivity index (χ0) is 17.7. The molecule has 0 aliphatic carbocycles. The number of benzene rings is 1. The van der Waals surface area contributed by atoms with Crippen molar-refractivity contribution >= 4 is 10.0 Å². The fourth-order valence-electron chi connectivity index (χ4n) is 1.96. The normalized spacial score (nSPS) is 11.9. The Morgan fingerprint density at radius 3 is 2.62 bits per heavy atom. The van der Waals surface area contributed by atoms with Crippen molar-refractivity contribution in [2.75, 3.05) is 27.4 Å². The first kappa shape index (κ1) is 18.4.